The molecule has 1 aliphatic rings. The Kier molecular flexibility index (Phi) is 7.74. The second-order valence-corrected chi connectivity index (χ2v) is 9.76. The van der Waals surface area contributed by atoms with Crippen molar-refractivity contribution in [1.82, 2.24) is 25.0 Å². The third kappa shape index (κ3) is 6.09. The molecule has 3 heterocycles. The van der Waals surface area contributed by atoms with Crippen molar-refractivity contribution in [2.45, 2.75) is 46.7 Å². The van der Waals surface area contributed by atoms with Crippen LogP contribution in [0.4, 0.5) is 5.13 Å². The molecule has 2 amide bonds. The third-order valence-corrected chi connectivity index (χ3v) is 7.22. The maximum atomic E-state index is 12.6. The number of hydrogen-bond acceptors (Lipinski definition) is 6. The first-order valence-electron chi connectivity index (χ1n) is 11.7. The summed E-state index contributed by atoms with van der Waals surface area (Å²) in [5, 5.41) is 13.2. The van der Waals surface area contributed by atoms with Gasteiger partial charge in [-0.1, -0.05) is 30.3 Å². The van der Waals surface area contributed by atoms with Crippen LogP contribution in [0.5, 0.6) is 0 Å². The zero-order chi connectivity index (χ0) is 24.1. The second kappa shape index (κ2) is 10.9. The van der Waals surface area contributed by atoms with Gasteiger partial charge in [0, 0.05) is 29.1 Å². The lowest BCUT2D eigenvalue weighted by molar-refractivity contribution is -0.123. The van der Waals surface area contributed by atoms with Crippen molar-refractivity contribution < 1.29 is 9.59 Å². The normalized spacial score (nSPS) is 14.8. The van der Waals surface area contributed by atoms with Crippen molar-refractivity contribution >= 4 is 28.3 Å². The van der Waals surface area contributed by atoms with Gasteiger partial charge in [0.05, 0.1) is 24.5 Å². The Hall–Kier alpha value is -3.04. The number of hydrogen-bond donors (Lipinski definition) is 2. The molecule has 4 rings (SSSR count). The number of rotatable bonds is 8. The van der Waals surface area contributed by atoms with Gasteiger partial charge in [0.2, 0.25) is 11.8 Å². The summed E-state index contributed by atoms with van der Waals surface area (Å²) in [6.07, 6.45) is 1.49. The van der Waals surface area contributed by atoms with Gasteiger partial charge in [-0.25, -0.2) is 4.98 Å². The van der Waals surface area contributed by atoms with Crippen LogP contribution in [0.25, 0.3) is 0 Å². The van der Waals surface area contributed by atoms with Crippen molar-refractivity contribution in [3.05, 3.63) is 63.9 Å². The monoisotopic (exact) mass is 480 g/mol. The van der Waals surface area contributed by atoms with E-state index in [9.17, 15) is 9.59 Å². The van der Waals surface area contributed by atoms with E-state index in [0.29, 0.717) is 24.8 Å². The molecular formula is C25H32N6O2S. The molecular weight excluding hydrogens is 448 g/mol. The van der Waals surface area contributed by atoms with E-state index in [4.69, 9.17) is 0 Å². The summed E-state index contributed by atoms with van der Waals surface area (Å²) < 4.78 is 2.00. The highest BCUT2D eigenvalue weighted by Gasteiger charge is 2.26. The van der Waals surface area contributed by atoms with Crippen LogP contribution in [0.1, 0.15) is 41.1 Å². The van der Waals surface area contributed by atoms with Crippen molar-refractivity contribution in [3.8, 4) is 0 Å². The molecule has 8 nitrogen and oxygen atoms in total. The molecule has 1 aliphatic heterocycles. The minimum absolute atomic E-state index is 0.00392. The van der Waals surface area contributed by atoms with Crippen molar-refractivity contribution in [1.29, 1.82) is 0 Å². The molecule has 3 aromatic rings. The minimum Gasteiger partial charge on any atom is -0.351 e. The fourth-order valence-electron chi connectivity index (χ4n) is 4.32. The molecule has 0 radical (unpaired) electrons. The lowest BCUT2D eigenvalue weighted by atomic mass is 9.96. The van der Waals surface area contributed by atoms with Crippen LogP contribution in [0, 0.1) is 26.7 Å². The van der Waals surface area contributed by atoms with Crippen LogP contribution in [-0.4, -0.2) is 51.1 Å². The van der Waals surface area contributed by atoms with Gasteiger partial charge in [0.1, 0.15) is 0 Å². The van der Waals surface area contributed by atoms with Gasteiger partial charge in [0.15, 0.2) is 5.13 Å². The summed E-state index contributed by atoms with van der Waals surface area (Å²) in [6, 6.07) is 10.2. The maximum absolute atomic E-state index is 12.6. The fraction of sp³-hybridized carbons (Fsp3) is 0.440. The number of thiazole rings is 1. The zero-order valence-electron chi connectivity index (χ0n) is 20.0. The largest absolute Gasteiger partial charge is 0.351 e. The predicted molar refractivity (Wildman–Crippen MR) is 134 cm³/mol. The molecule has 1 fully saturated rings. The van der Waals surface area contributed by atoms with Gasteiger partial charge < -0.3 is 10.6 Å². The number of aryl methyl sites for hydroxylation is 2. The first-order chi connectivity index (χ1) is 16.4. The number of nitrogens with zero attached hydrogens (tertiary/aromatic N) is 4. The fourth-order valence-corrected chi connectivity index (χ4v) is 5.01. The highest BCUT2D eigenvalue weighted by atomic mass is 32.1. The predicted octanol–water partition coefficient (Wildman–Crippen LogP) is 3.28. The highest BCUT2D eigenvalue weighted by molar-refractivity contribution is 7.13. The molecule has 2 aromatic heterocycles. The van der Waals surface area contributed by atoms with Gasteiger partial charge in [-0.3, -0.25) is 19.2 Å². The van der Waals surface area contributed by atoms with Crippen LogP contribution in [0.2, 0.25) is 0 Å². The van der Waals surface area contributed by atoms with E-state index in [1.165, 1.54) is 16.9 Å². The van der Waals surface area contributed by atoms with Gasteiger partial charge in [0.25, 0.3) is 0 Å². The number of carbonyl (C=O) groups excluding carboxylic acids is 2. The standard InChI is InChI=1S/C25H32N6O2S/c1-17-16-34-25(27-17)28-24(33)21-9-11-30(12-10-21)15-23(32)26-13-22-18(2)29-31(19(22)3)14-20-7-5-4-6-8-20/h4-8,16,21H,9-15H2,1-3H3,(H,26,32)(H,27,28,33). The Labute approximate surface area is 204 Å². The smallest absolute Gasteiger partial charge is 0.234 e. The lowest BCUT2D eigenvalue weighted by Crippen LogP contribution is -2.43. The summed E-state index contributed by atoms with van der Waals surface area (Å²) in [5.74, 6) is -0.0167. The molecule has 1 saturated heterocycles. The van der Waals surface area contributed by atoms with Crippen LogP contribution < -0.4 is 10.6 Å². The molecule has 0 saturated carbocycles. The maximum Gasteiger partial charge on any atom is 0.234 e. The van der Waals surface area contributed by atoms with Gasteiger partial charge in [-0.2, -0.15) is 5.10 Å². The molecule has 1 aromatic carbocycles. The van der Waals surface area contributed by atoms with E-state index in [2.05, 4.69) is 37.7 Å². The van der Waals surface area contributed by atoms with Crippen molar-refractivity contribution in [2.24, 2.45) is 5.92 Å². The Balaban J connectivity index is 1.22. The van der Waals surface area contributed by atoms with Crippen LogP contribution in [0.15, 0.2) is 35.7 Å². The van der Waals surface area contributed by atoms with Crippen molar-refractivity contribution in [2.75, 3.05) is 25.0 Å². The first kappa shape index (κ1) is 24.1. The highest BCUT2D eigenvalue weighted by Crippen LogP contribution is 2.21. The minimum atomic E-state index is -0.0377. The Morgan fingerprint density at radius 3 is 2.53 bits per heavy atom. The van der Waals surface area contributed by atoms with Crippen LogP contribution >= 0.6 is 11.3 Å². The van der Waals surface area contributed by atoms with E-state index in [0.717, 1.165) is 48.6 Å². The topological polar surface area (TPSA) is 92.2 Å². The number of nitrogens with one attached hydrogen (secondary N) is 2. The van der Waals surface area contributed by atoms with Crippen LogP contribution in [0.3, 0.4) is 0 Å². The molecule has 0 atom stereocenters. The average molecular weight is 481 g/mol. The van der Waals surface area contributed by atoms with E-state index in [-0.39, 0.29) is 17.7 Å². The molecule has 0 unspecified atom stereocenters. The average Bonchev–Trinajstić information content (AvgIpc) is 3.35. The first-order valence-corrected chi connectivity index (χ1v) is 12.6. The number of anilines is 1. The lowest BCUT2D eigenvalue weighted by Gasteiger charge is -2.30. The molecule has 180 valence electrons. The molecule has 0 aliphatic carbocycles. The number of piperidine rings is 1. The summed E-state index contributed by atoms with van der Waals surface area (Å²) in [6.45, 7) is 8.94. The number of amides is 2. The quantitative estimate of drug-likeness (QED) is 0.516. The Morgan fingerprint density at radius 1 is 1.12 bits per heavy atom. The molecule has 2 N–H and O–H groups in total. The van der Waals surface area contributed by atoms with E-state index in [1.54, 1.807) is 0 Å². The Morgan fingerprint density at radius 2 is 1.85 bits per heavy atom. The molecule has 0 bridgehead atoms. The second-order valence-electron chi connectivity index (χ2n) is 8.90. The van der Waals surface area contributed by atoms with Crippen LogP contribution in [-0.2, 0) is 22.7 Å². The number of likely N-dealkylation sites (tertiary alicyclic amines) is 1. The summed E-state index contributed by atoms with van der Waals surface area (Å²) >= 11 is 1.45. The van der Waals surface area contributed by atoms with Crippen molar-refractivity contribution in [3.63, 3.8) is 0 Å². The molecule has 0 spiro atoms. The summed E-state index contributed by atoms with van der Waals surface area (Å²) in [4.78, 5) is 31.5. The molecule has 9 heteroatoms. The third-order valence-electron chi connectivity index (χ3n) is 6.34. The van der Waals surface area contributed by atoms with E-state index in [1.807, 2.05) is 49.0 Å². The zero-order valence-corrected chi connectivity index (χ0v) is 20.8. The number of aromatic nitrogens is 3. The number of carbonyl (C=O) groups is 2. The molecule has 34 heavy (non-hydrogen) atoms. The van der Waals surface area contributed by atoms with Gasteiger partial charge in [-0.05, 0) is 52.3 Å². The Bertz CT molecular complexity index is 1130. The van der Waals surface area contributed by atoms with Gasteiger partial charge in [-0.15, -0.1) is 11.3 Å². The van der Waals surface area contributed by atoms with E-state index < -0.39 is 0 Å². The van der Waals surface area contributed by atoms with E-state index >= 15 is 0 Å². The van der Waals surface area contributed by atoms with Gasteiger partial charge >= 0.3 is 0 Å². The number of benzene rings is 1. The summed E-state index contributed by atoms with van der Waals surface area (Å²) in [5.41, 5.74) is 5.19. The summed E-state index contributed by atoms with van der Waals surface area (Å²) in [7, 11) is 0. The SMILES string of the molecule is Cc1csc(NC(=O)C2CCN(CC(=O)NCc3c(C)nn(Cc4ccccc4)c3C)CC2)n1.